The van der Waals surface area contributed by atoms with Crippen LogP contribution in [0, 0.1) is 0 Å². The monoisotopic (exact) mass is 342 g/mol. The van der Waals surface area contributed by atoms with Crippen molar-refractivity contribution in [2.45, 2.75) is 0 Å². The van der Waals surface area contributed by atoms with Gasteiger partial charge in [0.2, 0.25) is 0 Å². The minimum atomic E-state index is 0.922. The molecule has 0 unspecified atom stereocenters. The summed E-state index contributed by atoms with van der Waals surface area (Å²) in [5, 5.41) is 2.31. The number of halogens is 2. The van der Waals surface area contributed by atoms with E-state index < -0.39 is 0 Å². The van der Waals surface area contributed by atoms with E-state index in [1.165, 1.54) is 11.7 Å². The summed E-state index contributed by atoms with van der Waals surface area (Å²) < 4.78 is 10.6. The second kappa shape index (κ2) is 3.50. The molecule has 0 saturated heterocycles. The Labute approximate surface area is 107 Å². The van der Waals surface area contributed by atoms with Gasteiger partial charge in [0.25, 0.3) is 0 Å². The highest BCUT2D eigenvalue weighted by atomic mass is 79.9. The summed E-state index contributed by atoms with van der Waals surface area (Å²) in [6.07, 6.45) is 0. The first-order chi connectivity index (χ1) is 7.29. The van der Waals surface area contributed by atoms with E-state index in [-0.39, 0.29) is 0 Å². The molecule has 3 aromatic rings. The summed E-state index contributed by atoms with van der Waals surface area (Å²) >= 11 is 8.39. The fourth-order valence-electron chi connectivity index (χ4n) is 1.60. The molecule has 5 heteroatoms. The molecule has 0 bridgehead atoms. The van der Waals surface area contributed by atoms with E-state index in [1.807, 2.05) is 12.1 Å². The molecule has 3 rings (SSSR count). The lowest BCUT2D eigenvalue weighted by Gasteiger charge is -2.03. The minimum Gasteiger partial charge on any atom is -0.172 e. The van der Waals surface area contributed by atoms with Crippen LogP contribution < -0.4 is 0 Å². The highest BCUT2D eigenvalue weighted by molar-refractivity contribution is 9.11. The first kappa shape index (κ1) is 9.69. The molecule has 0 aliphatic heterocycles. The van der Waals surface area contributed by atoms with Crippen LogP contribution in [0.3, 0.4) is 0 Å². The van der Waals surface area contributed by atoms with Gasteiger partial charge in [0.05, 0.1) is 20.7 Å². The van der Waals surface area contributed by atoms with Crippen molar-refractivity contribution in [1.82, 2.24) is 8.75 Å². The van der Waals surface area contributed by atoms with Gasteiger partial charge in [-0.05, 0) is 42.6 Å². The molecule has 0 atom stereocenters. The Morgan fingerprint density at radius 3 is 1.80 bits per heavy atom. The summed E-state index contributed by atoms with van der Waals surface area (Å²) in [7, 11) is 0. The lowest BCUT2D eigenvalue weighted by Crippen LogP contribution is -1.80. The van der Waals surface area contributed by atoms with Crippen molar-refractivity contribution in [3.05, 3.63) is 33.2 Å². The van der Waals surface area contributed by atoms with Gasteiger partial charge >= 0.3 is 0 Å². The van der Waals surface area contributed by atoms with Crippen molar-refractivity contribution in [2.75, 3.05) is 0 Å². The Morgan fingerprint density at radius 2 is 1.33 bits per heavy atom. The largest absolute Gasteiger partial charge is 0.172 e. The molecule has 0 saturated carbocycles. The molecule has 2 nitrogen and oxygen atoms in total. The number of benzene rings is 2. The lowest BCUT2D eigenvalue weighted by molar-refractivity contribution is 1.62. The standard InChI is InChI=1S/C10H4Br2N2S/c11-7-5-3-1-2-4-6(5)8(12)10-9(7)13-15-14-10/h1-4H. The fraction of sp³-hybridized carbons (Fsp3) is 0. The Balaban J connectivity index is 2.69. The second-order valence-electron chi connectivity index (χ2n) is 3.13. The van der Waals surface area contributed by atoms with E-state index in [0.29, 0.717) is 0 Å². The molecule has 1 aromatic heterocycles. The van der Waals surface area contributed by atoms with Crippen molar-refractivity contribution in [1.29, 1.82) is 0 Å². The molecule has 0 aliphatic rings. The molecule has 0 amide bonds. The van der Waals surface area contributed by atoms with Crippen LogP contribution >= 0.6 is 43.6 Å². The van der Waals surface area contributed by atoms with Crippen LogP contribution in [-0.4, -0.2) is 8.75 Å². The summed E-state index contributed by atoms with van der Waals surface area (Å²) in [5.41, 5.74) is 1.84. The van der Waals surface area contributed by atoms with Crippen molar-refractivity contribution in [2.24, 2.45) is 0 Å². The number of hydrogen-bond donors (Lipinski definition) is 0. The second-order valence-corrected chi connectivity index (χ2v) is 5.25. The van der Waals surface area contributed by atoms with Gasteiger partial charge in [-0.1, -0.05) is 24.3 Å². The zero-order valence-corrected chi connectivity index (χ0v) is 11.4. The summed E-state index contributed by atoms with van der Waals surface area (Å²) in [6, 6.07) is 8.18. The fourth-order valence-corrected chi connectivity index (χ4v) is 3.64. The van der Waals surface area contributed by atoms with Crippen LogP contribution in [-0.2, 0) is 0 Å². The number of fused-ring (bicyclic) bond motifs is 2. The SMILES string of the molecule is Brc1c2ccccc2c(Br)c2nsnc12. The van der Waals surface area contributed by atoms with Crippen LogP contribution in [0.5, 0.6) is 0 Å². The topological polar surface area (TPSA) is 25.8 Å². The zero-order valence-electron chi connectivity index (χ0n) is 7.37. The molecular formula is C10H4Br2N2S. The van der Waals surface area contributed by atoms with E-state index in [4.69, 9.17) is 0 Å². The molecular weight excluding hydrogens is 340 g/mol. The van der Waals surface area contributed by atoms with Gasteiger partial charge < -0.3 is 0 Å². The predicted molar refractivity (Wildman–Crippen MR) is 70.3 cm³/mol. The van der Waals surface area contributed by atoms with Crippen molar-refractivity contribution in [3.63, 3.8) is 0 Å². The zero-order chi connectivity index (χ0) is 10.4. The first-order valence-corrected chi connectivity index (χ1v) is 6.58. The van der Waals surface area contributed by atoms with E-state index in [2.05, 4.69) is 52.7 Å². The molecule has 2 aromatic carbocycles. The highest BCUT2D eigenvalue weighted by Gasteiger charge is 2.13. The Morgan fingerprint density at radius 1 is 0.867 bits per heavy atom. The van der Waals surface area contributed by atoms with Gasteiger partial charge in [0.15, 0.2) is 0 Å². The average molecular weight is 344 g/mol. The number of hydrogen-bond acceptors (Lipinski definition) is 3. The maximum atomic E-state index is 4.28. The van der Waals surface area contributed by atoms with E-state index in [9.17, 15) is 0 Å². The third-order valence-corrected chi connectivity index (χ3v) is 4.44. The van der Waals surface area contributed by atoms with Gasteiger partial charge in [0, 0.05) is 0 Å². The van der Waals surface area contributed by atoms with Crippen LogP contribution in [0.25, 0.3) is 21.8 Å². The quantitative estimate of drug-likeness (QED) is 0.605. The highest BCUT2D eigenvalue weighted by Crippen LogP contribution is 2.37. The van der Waals surface area contributed by atoms with Crippen molar-refractivity contribution < 1.29 is 0 Å². The molecule has 15 heavy (non-hydrogen) atoms. The van der Waals surface area contributed by atoms with Gasteiger partial charge in [-0.25, -0.2) is 0 Å². The van der Waals surface area contributed by atoms with E-state index in [0.717, 1.165) is 30.8 Å². The summed E-state index contributed by atoms with van der Waals surface area (Å²) in [5.74, 6) is 0. The third kappa shape index (κ3) is 1.33. The molecule has 0 spiro atoms. The molecule has 0 N–H and O–H groups in total. The van der Waals surface area contributed by atoms with Crippen LogP contribution in [0.2, 0.25) is 0 Å². The number of nitrogens with zero attached hydrogens (tertiary/aromatic N) is 2. The molecule has 0 radical (unpaired) electrons. The summed E-state index contributed by atoms with van der Waals surface area (Å²) in [4.78, 5) is 0. The normalized spacial score (nSPS) is 11.3. The molecule has 1 heterocycles. The molecule has 0 fully saturated rings. The van der Waals surface area contributed by atoms with Crippen molar-refractivity contribution >= 4 is 65.4 Å². The predicted octanol–water partition coefficient (Wildman–Crippen LogP) is 4.37. The Bertz CT molecular complexity index is 607. The van der Waals surface area contributed by atoms with Crippen LogP contribution in [0.1, 0.15) is 0 Å². The van der Waals surface area contributed by atoms with Gasteiger partial charge in [0.1, 0.15) is 11.0 Å². The molecule has 74 valence electrons. The third-order valence-electron chi connectivity index (χ3n) is 2.30. The maximum Gasteiger partial charge on any atom is 0.120 e. The maximum absolute atomic E-state index is 4.28. The lowest BCUT2D eigenvalue weighted by atomic mass is 10.1. The van der Waals surface area contributed by atoms with Gasteiger partial charge in [-0.3, -0.25) is 0 Å². The van der Waals surface area contributed by atoms with Crippen LogP contribution in [0.4, 0.5) is 0 Å². The summed E-state index contributed by atoms with van der Waals surface area (Å²) in [6.45, 7) is 0. The Hall–Kier alpha value is -0.520. The Kier molecular flexibility index (Phi) is 2.26. The number of aromatic nitrogens is 2. The van der Waals surface area contributed by atoms with Gasteiger partial charge in [-0.2, -0.15) is 8.75 Å². The molecule has 0 aliphatic carbocycles. The van der Waals surface area contributed by atoms with E-state index >= 15 is 0 Å². The van der Waals surface area contributed by atoms with Gasteiger partial charge in [-0.15, -0.1) is 0 Å². The minimum absolute atomic E-state index is 0.922. The average Bonchev–Trinajstić information content (AvgIpc) is 2.75. The van der Waals surface area contributed by atoms with Crippen molar-refractivity contribution in [3.8, 4) is 0 Å². The van der Waals surface area contributed by atoms with E-state index in [1.54, 1.807) is 0 Å². The van der Waals surface area contributed by atoms with Crippen LogP contribution in [0.15, 0.2) is 33.2 Å². The number of rotatable bonds is 0. The first-order valence-electron chi connectivity index (χ1n) is 4.27. The smallest absolute Gasteiger partial charge is 0.120 e.